The molecule has 0 aliphatic carbocycles. The van der Waals surface area contributed by atoms with Gasteiger partial charge in [-0.15, -0.1) is 0 Å². The quantitative estimate of drug-likeness (QED) is 0.788. The van der Waals surface area contributed by atoms with Gasteiger partial charge in [-0.3, -0.25) is 0 Å². The highest BCUT2D eigenvalue weighted by Gasteiger charge is 2.15. The van der Waals surface area contributed by atoms with Gasteiger partial charge in [-0.25, -0.2) is 4.79 Å². The minimum atomic E-state index is -0.276. The normalized spacial score (nSPS) is 11.3. The first-order valence-electron chi connectivity index (χ1n) is 6.37. The first-order chi connectivity index (χ1) is 8.50. The van der Waals surface area contributed by atoms with Crippen molar-refractivity contribution in [3.8, 4) is 0 Å². The largest absolute Gasteiger partial charge is 0.465 e. The smallest absolute Gasteiger partial charge is 0.338 e. The van der Waals surface area contributed by atoms with Crippen molar-refractivity contribution >= 4 is 5.97 Å². The van der Waals surface area contributed by atoms with Gasteiger partial charge in [0.2, 0.25) is 0 Å². The Labute approximate surface area is 110 Å². The maximum absolute atomic E-state index is 11.6. The van der Waals surface area contributed by atoms with Crippen LogP contribution in [0.1, 0.15) is 43.1 Å². The van der Waals surface area contributed by atoms with Crippen molar-refractivity contribution in [1.82, 2.24) is 5.32 Å². The van der Waals surface area contributed by atoms with Crippen LogP contribution in [0, 0.1) is 5.41 Å². The number of hydrogen-bond donors (Lipinski definition) is 1. The van der Waals surface area contributed by atoms with Crippen LogP contribution in [0.2, 0.25) is 0 Å². The molecule has 1 aromatic carbocycles. The zero-order chi connectivity index (χ0) is 13.6. The van der Waals surface area contributed by atoms with Crippen LogP contribution in [0.15, 0.2) is 24.3 Å². The van der Waals surface area contributed by atoms with Gasteiger partial charge < -0.3 is 10.1 Å². The Morgan fingerprint density at radius 1 is 1.33 bits per heavy atom. The molecule has 100 valence electrons. The lowest BCUT2D eigenvalue weighted by Gasteiger charge is -2.23. The molecule has 1 aromatic rings. The van der Waals surface area contributed by atoms with Gasteiger partial charge in [0.15, 0.2) is 0 Å². The standard InChI is InChI=1S/C15H23NO2/c1-5-15(2,3)11-16-10-12-8-6-7-9-13(12)14(17)18-4/h6-9,16H,5,10-11H2,1-4H3. The van der Waals surface area contributed by atoms with Crippen LogP contribution < -0.4 is 5.32 Å². The van der Waals surface area contributed by atoms with Crippen LogP contribution >= 0.6 is 0 Å². The Bertz CT molecular complexity index is 399. The Balaban J connectivity index is 2.65. The highest BCUT2D eigenvalue weighted by Crippen LogP contribution is 2.18. The van der Waals surface area contributed by atoms with Crippen LogP contribution in [0.5, 0.6) is 0 Å². The van der Waals surface area contributed by atoms with Crippen molar-refractivity contribution in [3.05, 3.63) is 35.4 Å². The summed E-state index contributed by atoms with van der Waals surface area (Å²) in [6.45, 7) is 8.26. The predicted octanol–water partition coefficient (Wildman–Crippen LogP) is 3.00. The molecule has 0 spiro atoms. The van der Waals surface area contributed by atoms with Gasteiger partial charge in [-0.05, 0) is 23.5 Å². The average molecular weight is 249 g/mol. The average Bonchev–Trinajstić information content (AvgIpc) is 2.38. The summed E-state index contributed by atoms with van der Waals surface area (Å²) in [5, 5.41) is 3.40. The number of esters is 1. The molecule has 18 heavy (non-hydrogen) atoms. The summed E-state index contributed by atoms with van der Waals surface area (Å²) in [5.74, 6) is -0.276. The van der Waals surface area contributed by atoms with E-state index in [0.29, 0.717) is 12.1 Å². The number of carbonyl (C=O) groups is 1. The maximum atomic E-state index is 11.6. The molecule has 0 aromatic heterocycles. The molecule has 3 heteroatoms. The van der Waals surface area contributed by atoms with E-state index in [9.17, 15) is 4.79 Å². The lowest BCUT2D eigenvalue weighted by Crippen LogP contribution is -2.29. The van der Waals surface area contributed by atoms with Gasteiger partial charge in [0.25, 0.3) is 0 Å². The molecule has 0 aliphatic rings. The highest BCUT2D eigenvalue weighted by atomic mass is 16.5. The summed E-state index contributed by atoms with van der Waals surface area (Å²) in [7, 11) is 1.41. The van der Waals surface area contributed by atoms with E-state index in [4.69, 9.17) is 4.74 Å². The molecular formula is C15H23NO2. The monoisotopic (exact) mass is 249 g/mol. The molecule has 0 heterocycles. The Hall–Kier alpha value is -1.35. The highest BCUT2D eigenvalue weighted by molar-refractivity contribution is 5.90. The van der Waals surface area contributed by atoms with E-state index in [2.05, 4.69) is 26.1 Å². The van der Waals surface area contributed by atoms with Gasteiger partial charge in [-0.1, -0.05) is 39.0 Å². The van der Waals surface area contributed by atoms with Gasteiger partial charge in [0.05, 0.1) is 12.7 Å². The van der Waals surface area contributed by atoms with E-state index >= 15 is 0 Å². The Kier molecular flexibility index (Phi) is 5.35. The summed E-state index contributed by atoms with van der Waals surface area (Å²) in [4.78, 5) is 11.6. The summed E-state index contributed by atoms with van der Waals surface area (Å²) >= 11 is 0. The van der Waals surface area contributed by atoms with E-state index in [-0.39, 0.29) is 11.4 Å². The number of rotatable bonds is 6. The Morgan fingerprint density at radius 3 is 2.61 bits per heavy atom. The molecule has 0 fully saturated rings. The third-order valence-corrected chi connectivity index (χ3v) is 3.30. The molecule has 3 nitrogen and oxygen atoms in total. The second kappa shape index (κ2) is 6.55. The van der Waals surface area contributed by atoms with Crippen LogP contribution in [-0.2, 0) is 11.3 Å². The number of nitrogens with one attached hydrogen (secondary N) is 1. The number of benzene rings is 1. The van der Waals surface area contributed by atoms with Crippen molar-refractivity contribution in [1.29, 1.82) is 0 Å². The van der Waals surface area contributed by atoms with Gasteiger partial charge in [0, 0.05) is 13.1 Å². The molecule has 0 amide bonds. The molecule has 0 saturated carbocycles. The van der Waals surface area contributed by atoms with Crippen molar-refractivity contribution in [3.63, 3.8) is 0 Å². The first-order valence-corrected chi connectivity index (χ1v) is 6.37. The van der Waals surface area contributed by atoms with E-state index in [1.807, 2.05) is 18.2 Å². The van der Waals surface area contributed by atoms with Crippen LogP contribution in [0.3, 0.4) is 0 Å². The second-order valence-electron chi connectivity index (χ2n) is 5.27. The maximum Gasteiger partial charge on any atom is 0.338 e. The number of carbonyl (C=O) groups excluding carboxylic acids is 1. The third kappa shape index (κ3) is 4.15. The number of ether oxygens (including phenoxy) is 1. The first kappa shape index (κ1) is 14.7. The van der Waals surface area contributed by atoms with E-state index < -0.39 is 0 Å². The zero-order valence-corrected chi connectivity index (χ0v) is 11.7. The fourth-order valence-electron chi connectivity index (χ4n) is 1.64. The topological polar surface area (TPSA) is 38.3 Å². The molecule has 0 bridgehead atoms. The van der Waals surface area contributed by atoms with E-state index in [1.165, 1.54) is 7.11 Å². The van der Waals surface area contributed by atoms with Crippen molar-refractivity contribution in [2.75, 3.05) is 13.7 Å². The zero-order valence-electron chi connectivity index (χ0n) is 11.7. The fourth-order valence-corrected chi connectivity index (χ4v) is 1.64. The lowest BCUT2D eigenvalue weighted by molar-refractivity contribution is 0.0599. The minimum Gasteiger partial charge on any atom is -0.465 e. The van der Waals surface area contributed by atoms with E-state index in [1.54, 1.807) is 6.07 Å². The SMILES string of the molecule is CCC(C)(C)CNCc1ccccc1C(=O)OC. The third-order valence-electron chi connectivity index (χ3n) is 3.30. The van der Waals surface area contributed by atoms with Gasteiger partial charge in [-0.2, -0.15) is 0 Å². The van der Waals surface area contributed by atoms with Crippen LogP contribution in [-0.4, -0.2) is 19.6 Å². The van der Waals surface area contributed by atoms with Crippen LogP contribution in [0.4, 0.5) is 0 Å². The molecule has 0 aliphatic heterocycles. The predicted molar refractivity (Wildman–Crippen MR) is 73.6 cm³/mol. The summed E-state index contributed by atoms with van der Waals surface area (Å²) in [5.41, 5.74) is 1.90. The Morgan fingerprint density at radius 2 is 2.00 bits per heavy atom. The van der Waals surface area contributed by atoms with Crippen molar-refractivity contribution in [2.24, 2.45) is 5.41 Å². The summed E-state index contributed by atoms with van der Waals surface area (Å²) in [6, 6.07) is 7.55. The molecule has 1 N–H and O–H groups in total. The van der Waals surface area contributed by atoms with Crippen molar-refractivity contribution < 1.29 is 9.53 Å². The molecular weight excluding hydrogens is 226 g/mol. The summed E-state index contributed by atoms with van der Waals surface area (Å²) < 4.78 is 4.78. The number of hydrogen-bond acceptors (Lipinski definition) is 3. The molecule has 1 rings (SSSR count). The fraction of sp³-hybridized carbons (Fsp3) is 0.533. The van der Waals surface area contributed by atoms with Gasteiger partial charge >= 0.3 is 5.97 Å². The van der Waals surface area contributed by atoms with Gasteiger partial charge in [0.1, 0.15) is 0 Å². The summed E-state index contributed by atoms with van der Waals surface area (Å²) in [6.07, 6.45) is 1.12. The molecule has 0 unspecified atom stereocenters. The molecule has 0 saturated heterocycles. The molecule has 0 radical (unpaired) electrons. The number of methoxy groups -OCH3 is 1. The molecule has 0 atom stereocenters. The lowest BCUT2D eigenvalue weighted by atomic mass is 9.90. The second-order valence-corrected chi connectivity index (χ2v) is 5.27. The minimum absolute atomic E-state index is 0.276. The van der Waals surface area contributed by atoms with Crippen molar-refractivity contribution in [2.45, 2.75) is 33.7 Å². The van der Waals surface area contributed by atoms with E-state index in [0.717, 1.165) is 18.5 Å². The van der Waals surface area contributed by atoms with Crippen LogP contribution in [0.25, 0.3) is 0 Å².